The van der Waals surface area contributed by atoms with Crippen molar-refractivity contribution in [1.82, 2.24) is 9.97 Å². The summed E-state index contributed by atoms with van der Waals surface area (Å²) < 4.78 is 5.93. The molecule has 23 heavy (non-hydrogen) atoms. The highest BCUT2D eigenvalue weighted by atomic mass is 35.5. The molecule has 1 unspecified atom stereocenters. The highest BCUT2D eigenvalue weighted by Gasteiger charge is 2.25. The summed E-state index contributed by atoms with van der Waals surface area (Å²) in [6, 6.07) is 5.66. The number of nitrogens with zero attached hydrogens (tertiary/aromatic N) is 3. The molecule has 1 aliphatic rings. The molecule has 4 nitrogen and oxygen atoms in total. The highest BCUT2D eigenvalue weighted by molar-refractivity contribution is 6.42. The SMILES string of the molecule is CCc1cnc(C)nc1N1CCOC(c2ccc(Cl)c(Cl)c2)C1. The van der Waals surface area contributed by atoms with E-state index in [0.717, 1.165) is 42.3 Å². The molecule has 1 aromatic heterocycles. The molecule has 0 amide bonds. The van der Waals surface area contributed by atoms with Gasteiger partial charge >= 0.3 is 0 Å². The summed E-state index contributed by atoms with van der Waals surface area (Å²) >= 11 is 12.1. The summed E-state index contributed by atoms with van der Waals surface area (Å²) in [5.74, 6) is 1.79. The van der Waals surface area contributed by atoms with Crippen LogP contribution >= 0.6 is 23.2 Å². The maximum Gasteiger partial charge on any atom is 0.135 e. The van der Waals surface area contributed by atoms with Crippen LogP contribution in [0.4, 0.5) is 5.82 Å². The van der Waals surface area contributed by atoms with Crippen molar-refractivity contribution in [2.75, 3.05) is 24.6 Å². The molecule has 1 saturated heterocycles. The molecule has 122 valence electrons. The lowest BCUT2D eigenvalue weighted by molar-refractivity contribution is 0.0394. The van der Waals surface area contributed by atoms with Gasteiger partial charge in [0.1, 0.15) is 17.7 Å². The topological polar surface area (TPSA) is 38.2 Å². The average Bonchev–Trinajstić information content (AvgIpc) is 2.57. The third-order valence-corrected chi connectivity index (χ3v) is 4.76. The molecule has 0 spiro atoms. The fourth-order valence-corrected chi connectivity index (χ4v) is 3.07. The molecule has 0 bridgehead atoms. The van der Waals surface area contributed by atoms with E-state index < -0.39 is 0 Å². The van der Waals surface area contributed by atoms with Gasteiger partial charge in [-0.05, 0) is 31.0 Å². The summed E-state index contributed by atoms with van der Waals surface area (Å²) in [4.78, 5) is 11.2. The second kappa shape index (κ2) is 7.04. The predicted octanol–water partition coefficient (Wildman–Crippen LogP) is 4.23. The van der Waals surface area contributed by atoms with E-state index in [4.69, 9.17) is 27.9 Å². The summed E-state index contributed by atoms with van der Waals surface area (Å²) in [6.07, 6.45) is 2.78. The van der Waals surface area contributed by atoms with Crippen molar-refractivity contribution < 1.29 is 4.74 Å². The van der Waals surface area contributed by atoms with Crippen LogP contribution < -0.4 is 4.90 Å². The largest absolute Gasteiger partial charge is 0.370 e. The Morgan fingerprint density at radius 3 is 2.87 bits per heavy atom. The Balaban J connectivity index is 1.86. The third kappa shape index (κ3) is 3.60. The lowest BCUT2D eigenvalue weighted by Crippen LogP contribution is -2.39. The number of halogens is 2. The molecule has 2 aromatic rings. The fourth-order valence-electron chi connectivity index (χ4n) is 2.76. The molecule has 6 heteroatoms. The zero-order chi connectivity index (χ0) is 16.4. The first-order valence-corrected chi connectivity index (χ1v) is 8.48. The maximum atomic E-state index is 6.13. The van der Waals surface area contributed by atoms with Crippen molar-refractivity contribution in [3.05, 3.63) is 51.4 Å². The number of morpholine rings is 1. The normalized spacial score (nSPS) is 18.3. The van der Waals surface area contributed by atoms with E-state index >= 15 is 0 Å². The number of rotatable bonds is 3. The lowest BCUT2D eigenvalue weighted by atomic mass is 10.1. The predicted molar refractivity (Wildman–Crippen MR) is 93.5 cm³/mol. The van der Waals surface area contributed by atoms with Crippen LogP contribution in [0.25, 0.3) is 0 Å². The van der Waals surface area contributed by atoms with Crippen molar-refractivity contribution >= 4 is 29.0 Å². The van der Waals surface area contributed by atoms with E-state index in [1.54, 1.807) is 0 Å². The minimum atomic E-state index is -0.0431. The van der Waals surface area contributed by atoms with Gasteiger partial charge in [-0.25, -0.2) is 9.97 Å². The maximum absolute atomic E-state index is 6.13. The first-order valence-electron chi connectivity index (χ1n) is 7.72. The Hall–Kier alpha value is -1.36. The first-order chi connectivity index (χ1) is 11.1. The van der Waals surface area contributed by atoms with E-state index in [0.29, 0.717) is 16.7 Å². The van der Waals surface area contributed by atoms with E-state index in [1.807, 2.05) is 31.3 Å². The molecule has 2 heterocycles. The van der Waals surface area contributed by atoms with Crippen molar-refractivity contribution in [3.63, 3.8) is 0 Å². The number of hydrogen-bond donors (Lipinski definition) is 0. The van der Waals surface area contributed by atoms with Gasteiger partial charge in [0.25, 0.3) is 0 Å². The number of aryl methyl sites for hydroxylation is 2. The molecule has 1 aromatic carbocycles. The molecule has 0 N–H and O–H groups in total. The Bertz CT molecular complexity index is 708. The van der Waals surface area contributed by atoms with Crippen LogP contribution in [0.3, 0.4) is 0 Å². The van der Waals surface area contributed by atoms with Gasteiger partial charge in [0.05, 0.1) is 16.7 Å². The second-order valence-corrected chi connectivity index (χ2v) is 6.41. The average molecular weight is 352 g/mol. The molecule has 3 rings (SSSR count). The molecular weight excluding hydrogens is 333 g/mol. The Morgan fingerprint density at radius 2 is 2.13 bits per heavy atom. The second-order valence-electron chi connectivity index (χ2n) is 5.60. The van der Waals surface area contributed by atoms with Crippen molar-refractivity contribution in [2.24, 2.45) is 0 Å². The van der Waals surface area contributed by atoms with E-state index in [-0.39, 0.29) is 6.10 Å². The highest BCUT2D eigenvalue weighted by Crippen LogP contribution is 2.31. The van der Waals surface area contributed by atoms with Crippen molar-refractivity contribution in [2.45, 2.75) is 26.4 Å². The fraction of sp³-hybridized carbons (Fsp3) is 0.412. The Morgan fingerprint density at radius 1 is 1.30 bits per heavy atom. The minimum absolute atomic E-state index is 0.0431. The Labute approximate surface area is 146 Å². The summed E-state index contributed by atoms with van der Waals surface area (Å²) in [7, 11) is 0. The van der Waals surface area contributed by atoms with Crippen LogP contribution in [0.15, 0.2) is 24.4 Å². The molecule has 1 aliphatic heterocycles. The van der Waals surface area contributed by atoms with Gasteiger partial charge in [-0.3, -0.25) is 0 Å². The summed E-state index contributed by atoms with van der Waals surface area (Å²) in [6.45, 7) is 6.24. The molecular formula is C17H19Cl2N3O. The van der Waals surface area contributed by atoms with Crippen LogP contribution in [0.5, 0.6) is 0 Å². The van der Waals surface area contributed by atoms with Crippen LogP contribution in [0, 0.1) is 6.92 Å². The zero-order valence-corrected chi connectivity index (χ0v) is 14.7. The molecule has 0 saturated carbocycles. The van der Waals surface area contributed by atoms with Crippen LogP contribution in [0.2, 0.25) is 10.0 Å². The number of benzene rings is 1. The van der Waals surface area contributed by atoms with E-state index in [1.165, 1.54) is 0 Å². The number of hydrogen-bond acceptors (Lipinski definition) is 4. The van der Waals surface area contributed by atoms with Gasteiger partial charge in [-0.2, -0.15) is 0 Å². The third-order valence-electron chi connectivity index (χ3n) is 4.02. The number of ether oxygens (including phenoxy) is 1. The summed E-state index contributed by atoms with van der Waals surface area (Å²) in [5.41, 5.74) is 2.19. The number of anilines is 1. The monoisotopic (exact) mass is 351 g/mol. The van der Waals surface area contributed by atoms with Crippen LogP contribution in [-0.2, 0) is 11.2 Å². The Kier molecular flexibility index (Phi) is 5.05. The van der Waals surface area contributed by atoms with Gasteiger partial charge in [-0.1, -0.05) is 36.2 Å². The van der Waals surface area contributed by atoms with E-state index in [2.05, 4.69) is 21.8 Å². The number of aromatic nitrogens is 2. The zero-order valence-electron chi connectivity index (χ0n) is 13.2. The van der Waals surface area contributed by atoms with Crippen LogP contribution in [-0.4, -0.2) is 29.7 Å². The summed E-state index contributed by atoms with van der Waals surface area (Å²) in [5, 5.41) is 1.11. The van der Waals surface area contributed by atoms with Gasteiger partial charge in [0, 0.05) is 24.8 Å². The van der Waals surface area contributed by atoms with Gasteiger partial charge in [0.2, 0.25) is 0 Å². The molecule has 1 atom stereocenters. The molecule has 1 fully saturated rings. The van der Waals surface area contributed by atoms with Gasteiger partial charge in [0.15, 0.2) is 0 Å². The smallest absolute Gasteiger partial charge is 0.135 e. The standard InChI is InChI=1S/C17H19Cl2N3O/c1-3-12-9-20-11(2)21-17(12)22-6-7-23-16(10-22)13-4-5-14(18)15(19)8-13/h4-5,8-9,16H,3,6-7,10H2,1-2H3. The van der Waals surface area contributed by atoms with Crippen LogP contribution in [0.1, 0.15) is 30.0 Å². The minimum Gasteiger partial charge on any atom is -0.370 e. The van der Waals surface area contributed by atoms with E-state index in [9.17, 15) is 0 Å². The quantitative estimate of drug-likeness (QED) is 0.829. The van der Waals surface area contributed by atoms with Gasteiger partial charge < -0.3 is 9.64 Å². The molecule has 0 aliphatic carbocycles. The van der Waals surface area contributed by atoms with Gasteiger partial charge in [-0.15, -0.1) is 0 Å². The lowest BCUT2D eigenvalue weighted by Gasteiger charge is -2.35. The molecule has 0 radical (unpaired) electrons. The van der Waals surface area contributed by atoms with Crippen molar-refractivity contribution in [1.29, 1.82) is 0 Å². The first kappa shape index (κ1) is 16.5. The van der Waals surface area contributed by atoms with Crippen molar-refractivity contribution in [3.8, 4) is 0 Å².